The van der Waals surface area contributed by atoms with Crippen molar-refractivity contribution in [3.63, 3.8) is 0 Å². The van der Waals surface area contributed by atoms with E-state index < -0.39 is 0 Å². The second-order valence-electron chi connectivity index (χ2n) is 5.36. The van der Waals surface area contributed by atoms with E-state index in [0.717, 1.165) is 13.0 Å². The van der Waals surface area contributed by atoms with Crippen LogP contribution in [0.25, 0.3) is 0 Å². The molecule has 0 bridgehead atoms. The van der Waals surface area contributed by atoms with Gasteiger partial charge in [0, 0.05) is 31.6 Å². The summed E-state index contributed by atoms with van der Waals surface area (Å²) in [5.74, 6) is 0.404. The first-order valence-electron chi connectivity index (χ1n) is 7.12. The molecule has 1 fully saturated rings. The van der Waals surface area contributed by atoms with Crippen LogP contribution in [0.15, 0.2) is 18.2 Å². The van der Waals surface area contributed by atoms with Crippen molar-refractivity contribution in [2.75, 3.05) is 24.1 Å². The average molecular weight is 310 g/mol. The summed E-state index contributed by atoms with van der Waals surface area (Å²) in [5.41, 5.74) is 6.68. The van der Waals surface area contributed by atoms with Crippen LogP contribution < -0.4 is 11.1 Å². The standard InChI is InChI=1S/C15H20ClN3O2/c1-2-10-7-15(21)19(9-10)6-5-14(20)18-13-4-3-11(17)8-12(13)16/h3-4,8,10H,2,5-7,9,17H2,1H3,(H,18,20). The predicted molar refractivity (Wildman–Crippen MR) is 84.1 cm³/mol. The zero-order chi connectivity index (χ0) is 15.4. The lowest BCUT2D eigenvalue weighted by atomic mass is 10.1. The molecular formula is C15H20ClN3O2. The van der Waals surface area contributed by atoms with Crippen molar-refractivity contribution in [2.24, 2.45) is 5.92 Å². The number of nitrogen functional groups attached to an aromatic ring is 1. The number of hydrogen-bond donors (Lipinski definition) is 2. The zero-order valence-electron chi connectivity index (χ0n) is 12.1. The lowest BCUT2D eigenvalue weighted by Crippen LogP contribution is -2.29. The van der Waals surface area contributed by atoms with E-state index in [0.29, 0.717) is 35.3 Å². The number of anilines is 2. The summed E-state index contributed by atoms with van der Waals surface area (Å²) in [7, 11) is 0. The molecule has 114 valence electrons. The second kappa shape index (κ2) is 6.80. The Kier molecular flexibility index (Phi) is 5.07. The lowest BCUT2D eigenvalue weighted by molar-refractivity contribution is -0.128. The zero-order valence-corrected chi connectivity index (χ0v) is 12.8. The van der Waals surface area contributed by atoms with Crippen LogP contribution >= 0.6 is 11.6 Å². The fourth-order valence-electron chi connectivity index (χ4n) is 2.43. The number of likely N-dealkylation sites (tertiary alicyclic amines) is 1. The van der Waals surface area contributed by atoms with E-state index in [4.69, 9.17) is 17.3 Å². The molecule has 1 aliphatic heterocycles. The van der Waals surface area contributed by atoms with E-state index in [2.05, 4.69) is 12.2 Å². The number of nitrogens with one attached hydrogen (secondary N) is 1. The van der Waals surface area contributed by atoms with E-state index in [1.54, 1.807) is 23.1 Å². The SMILES string of the molecule is CCC1CC(=O)N(CCC(=O)Nc2ccc(N)cc2Cl)C1. The third kappa shape index (κ3) is 4.11. The quantitative estimate of drug-likeness (QED) is 0.821. The smallest absolute Gasteiger partial charge is 0.226 e. The minimum absolute atomic E-state index is 0.139. The van der Waals surface area contributed by atoms with Gasteiger partial charge in [0.1, 0.15) is 0 Å². The summed E-state index contributed by atoms with van der Waals surface area (Å²) in [6, 6.07) is 4.94. The minimum atomic E-state index is -0.158. The molecule has 0 aliphatic carbocycles. The summed E-state index contributed by atoms with van der Waals surface area (Å²) in [5, 5.41) is 3.15. The van der Waals surface area contributed by atoms with Crippen LogP contribution in [0.1, 0.15) is 26.2 Å². The van der Waals surface area contributed by atoms with E-state index in [9.17, 15) is 9.59 Å². The minimum Gasteiger partial charge on any atom is -0.399 e. The molecule has 2 amide bonds. The summed E-state index contributed by atoms with van der Waals surface area (Å²) < 4.78 is 0. The molecule has 1 aromatic carbocycles. The molecule has 0 spiro atoms. The van der Waals surface area contributed by atoms with Gasteiger partial charge >= 0.3 is 0 Å². The molecule has 3 N–H and O–H groups in total. The molecule has 1 unspecified atom stereocenters. The third-order valence-electron chi connectivity index (χ3n) is 3.75. The molecular weight excluding hydrogens is 290 g/mol. The molecule has 21 heavy (non-hydrogen) atoms. The Morgan fingerprint density at radius 2 is 2.29 bits per heavy atom. The van der Waals surface area contributed by atoms with E-state index in [1.807, 2.05) is 0 Å². The molecule has 0 aromatic heterocycles. The maximum Gasteiger partial charge on any atom is 0.226 e. The second-order valence-corrected chi connectivity index (χ2v) is 5.76. The molecule has 6 heteroatoms. The van der Waals surface area contributed by atoms with E-state index >= 15 is 0 Å². The first kappa shape index (κ1) is 15.6. The van der Waals surface area contributed by atoms with Gasteiger partial charge in [-0.25, -0.2) is 0 Å². The normalized spacial score (nSPS) is 18.1. The molecule has 0 saturated carbocycles. The van der Waals surface area contributed by atoms with Crippen LogP contribution in [-0.4, -0.2) is 29.8 Å². The Hall–Kier alpha value is -1.75. The average Bonchev–Trinajstić information content (AvgIpc) is 2.80. The number of halogens is 1. The molecule has 1 aliphatic rings. The van der Waals surface area contributed by atoms with E-state index in [1.165, 1.54) is 0 Å². The number of carbonyl (C=O) groups is 2. The Morgan fingerprint density at radius 1 is 1.52 bits per heavy atom. The maximum atomic E-state index is 11.9. The van der Waals surface area contributed by atoms with Crippen molar-refractivity contribution >= 4 is 34.8 Å². The van der Waals surface area contributed by atoms with Gasteiger partial charge in [-0.2, -0.15) is 0 Å². The Balaban J connectivity index is 1.84. The van der Waals surface area contributed by atoms with Gasteiger partial charge in [-0.1, -0.05) is 24.9 Å². The highest BCUT2D eigenvalue weighted by Crippen LogP contribution is 2.24. The van der Waals surface area contributed by atoms with Gasteiger partial charge < -0.3 is 16.0 Å². The van der Waals surface area contributed by atoms with Crippen LogP contribution in [0.4, 0.5) is 11.4 Å². The third-order valence-corrected chi connectivity index (χ3v) is 4.06. The first-order chi connectivity index (χ1) is 9.99. The van der Waals surface area contributed by atoms with Crippen LogP contribution in [0.3, 0.4) is 0 Å². The number of hydrogen-bond acceptors (Lipinski definition) is 3. The van der Waals surface area contributed by atoms with Gasteiger partial charge in [-0.3, -0.25) is 9.59 Å². The van der Waals surface area contributed by atoms with Crippen LogP contribution in [0.5, 0.6) is 0 Å². The fourth-order valence-corrected chi connectivity index (χ4v) is 2.66. The molecule has 1 aromatic rings. The monoisotopic (exact) mass is 309 g/mol. The predicted octanol–water partition coefficient (Wildman–Crippen LogP) is 2.51. The molecule has 1 saturated heterocycles. The molecule has 0 radical (unpaired) electrons. The van der Waals surface area contributed by atoms with Gasteiger partial charge in [0.2, 0.25) is 11.8 Å². The number of nitrogens with zero attached hydrogens (tertiary/aromatic N) is 1. The van der Waals surface area contributed by atoms with Crippen molar-refractivity contribution in [1.29, 1.82) is 0 Å². The largest absolute Gasteiger partial charge is 0.399 e. The molecule has 5 nitrogen and oxygen atoms in total. The molecule has 1 heterocycles. The van der Waals surface area contributed by atoms with E-state index in [-0.39, 0.29) is 18.2 Å². The van der Waals surface area contributed by atoms with Gasteiger partial charge in [-0.05, 0) is 24.1 Å². The lowest BCUT2D eigenvalue weighted by Gasteiger charge is -2.16. The highest BCUT2D eigenvalue weighted by atomic mass is 35.5. The maximum absolute atomic E-state index is 11.9. The van der Waals surface area contributed by atoms with Gasteiger partial charge in [0.25, 0.3) is 0 Å². The van der Waals surface area contributed by atoms with Crippen molar-refractivity contribution in [3.05, 3.63) is 23.2 Å². The molecule has 2 rings (SSSR count). The topological polar surface area (TPSA) is 75.4 Å². The number of amides is 2. The summed E-state index contributed by atoms with van der Waals surface area (Å²) >= 11 is 6.00. The van der Waals surface area contributed by atoms with Crippen LogP contribution in [0.2, 0.25) is 5.02 Å². The van der Waals surface area contributed by atoms with Crippen molar-refractivity contribution in [2.45, 2.75) is 26.2 Å². The van der Waals surface area contributed by atoms with Gasteiger partial charge in [-0.15, -0.1) is 0 Å². The van der Waals surface area contributed by atoms with Crippen LogP contribution in [0, 0.1) is 5.92 Å². The highest BCUT2D eigenvalue weighted by molar-refractivity contribution is 6.34. The number of rotatable bonds is 5. The molecule has 1 atom stereocenters. The number of carbonyl (C=O) groups excluding carboxylic acids is 2. The Bertz CT molecular complexity index is 548. The van der Waals surface area contributed by atoms with Crippen molar-refractivity contribution < 1.29 is 9.59 Å². The Labute approximate surface area is 129 Å². The first-order valence-corrected chi connectivity index (χ1v) is 7.50. The van der Waals surface area contributed by atoms with Crippen molar-refractivity contribution in [1.82, 2.24) is 4.90 Å². The van der Waals surface area contributed by atoms with Crippen LogP contribution in [-0.2, 0) is 9.59 Å². The summed E-state index contributed by atoms with van der Waals surface area (Å²) in [6.07, 6.45) is 1.86. The summed E-state index contributed by atoms with van der Waals surface area (Å²) in [4.78, 5) is 25.5. The van der Waals surface area contributed by atoms with Gasteiger partial charge in [0.15, 0.2) is 0 Å². The number of nitrogens with two attached hydrogens (primary N) is 1. The summed E-state index contributed by atoms with van der Waals surface area (Å²) in [6.45, 7) is 3.29. The Morgan fingerprint density at radius 3 is 2.90 bits per heavy atom. The number of benzene rings is 1. The van der Waals surface area contributed by atoms with Gasteiger partial charge in [0.05, 0.1) is 10.7 Å². The highest BCUT2D eigenvalue weighted by Gasteiger charge is 2.28. The fraction of sp³-hybridized carbons (Fsp3) is 0.467. The van der Waals surface area contributed by atoms with Crippen molar-refractivity contribution in [3.8, 4) is 0 Å².